The Hall–Kier alpha value is -1.54. The summed E-state index contributed by atoms with van der Waals surface area (Å²) >= 11 is 0. The summed E-state index contributed by atoms with van der Waals surface area (Å²) in [5, 5.41) is 8.38. The number of sulfone groups is 1. The van der Waals surface area contributed by atoms with E-state index in [4.69, 9.17) is 10.00 Å². The Morgan fingerprint density at radius 3 is 2.40 bits per heavy atom. The van der Waals surface area contributed by atoms with Gasteiger partial charge in [-0.25, -0.2) is 8.42 Å². The predicted molar refractivity (Wildman–Crippen MR) is 79.4 cm³/mol. The van der Waals surface area contributed by atoms with Gasteiger partial charge >= 0.3 is 0 Å². The van der Waals surface area contributed by atoms with E-state index < -0.39 is 9.84 Å². The molecule has 4 nitrogen and oxygen atoms in total. The van der Waals surface area contributed by atoms with Crippen molar-refractivity contribution < 1.29 is 13.2 Å². The Balaban J connectivity index is 2.25. The van der Waals surface area contributed by atoms with Crippen molar-refractivity contribution in [3.63, 3.8) is 0 Å². The molecule has 110 valence electrons. The van der Waals surface area contributed by atoms with Gasteiger partial charge in [-0.2, -0.15) is 5.26 Å². The second-order valence-electron chi connectivity index (χ2n) is 4.61. The minimum atomic E-state index is -3.05. The molecule has 0 saturated heterocycles. The predicted octanol–water partition coefficient (Wildman–Crippen LogP) is 2.74. The standard InChI is InChI=1S/C15H21NO3S/c1-2-14-6-8-15(9-7-14)19-11-5-13-20(17,18)12-4-3-10-16/h6-9H,2-5,11-13H2,1H3. The van der Waals surface area contributed by atoms with E-state index in [-0.39, 0.29) is 11.5 Å². The summed E-state index contributed by atoms with van der Waals surface area (Å²) in [6.07, 6.45) is 2.17. The van der Waals surface area contributed by atoms with Crippen molar-refractivity contribution in [3.05, 3.63) is 29.8 Å². The highest BCUT2D eigenvalue weighted by Gasteiger charge is 2.10. The molecule has 0 atom stereocenters. The maximum atomic E-state index is 11.6. The number of hydrogen-bond acceptors (Lipinski definition) is 4. The average Bonchev–Trinajstić information content (AvgIpc) is 2.44. The molecule has 0 aromatic heterocycles. The molecule has 0 heterocycles. The zero-order chi connectivity index (χ0) is 14.8. The Bertz CT molecular complexity index is 529. The summed E-state index contributed by atoms with van der Waals surface area (Å²) in [5.41, 5.74) is 1.25. The van der Waals surface area contributed by atoms with Gasteiger partial charge < -0.3 is 4.74 Å². The summed E-state index contributed by atoms with van der Waals surface area (Å²) < 4.78 is 28.8. The second-order valence-corrected chi connectivity index (χ2v) is 6.92. The van der Waals surface area contributed by atoms with Gasteiger partial charge in [0.15, 0.2) is 0 Å². The van der Waals surface area contributed by atoms with Crippen LogP contribution in [0.5, 0.6) is 5.75 Å². The third kappa shape index (κ3) is 6.58. The van der Waals surface area contributed by atoms with Crippen LogP contribution in [0.2, 0.25) is 0 Å². The molecule has 0 spiro atoms. The largest absolute Gasteiger partial charge is 0.494 e. The van der Waals surface area contributed by atoms with Crippen molar-refractivity contribution in [3.8, 4) is 11.8 Å². The zero-order valence-electron chi connectivity index (χ0n) is 11.8. The maximum absolute atomic E-state index is 11.6. The molecule has 0 bridgehead atoms. The highest BCUT2D eigenvalue weighted by atomic mass is 32.2. The molecule has 0 saturated carbocycles. The highest BCUT2D eigenvalue weighted by molar-refractivity contribution is 7.91. The summed E-state index contributed by atoms with van der Waals surface area (Å²) in [6.45, 7) is 2.48. The first-order valence-electron chi connectivity index (χ1n) is 6.86. The number of unbranched alkanes of at least 4 members (excludes halogenated alkanes) is 1. The van der Waals surface area contributed by atoms with Gasteiger partial charge in [0.1, 0.15) is 15.6 Å². The first-order valence-corrected chi connectivity index (χ1v) is 8.68. The molecule has 0 aliphatic carbocycles. The molecule has 5 heteroatoms. The first kappa shape index (κ1) is 16.5. The molecule has 1 aromatic carbocycles. The van der Waals surface area contributed by atoms with E-state index >= 15 is 0 Å². The van der Waals surface area contributed by atoms with Crippen molar-refractivity contribution in [1.29, 1.82) is 5.26 Å². The van der Waals surface area contributed by atoms with E-state index in [1.54, 1.807) is 0 Å². The molecule has 0 radical (unpaired) electrons. The third-order valence-corrected chi connectivity index (χ3v) is 4.77. The van der Waals surface area contributed by atoms with E-state index in [1.807, 2.05) is 30.3 Å². The molecular weight excluding hydrogens is 274 g/mol. The average molecular weight is 295 g/mol. The lowest BCUT2D eigenvalue weighted by Crippen LogP contribution is -2.13. The second kappa shape index (κ2) is 8.60. The number of aryl methyl sites for hydroxylation is 1. The van der Waals surface area contributed by atoms with Crippen LogP contribution in [-0.4, -0.2) is 26.5 Å². The molecule has 0 aliphatic rings. The van der Waals surface area contributed by atoms with Gasteiger partial charge in [0, 0.05) is 6.42 Å². The molecule has 1 rings (SSSR count). The number of nitriles is 1. The molecule has 1 aromatic rings. The minimum Gasteiger partial charge on any atom is -0.494 e. The van der Waals surface area contributed by atoms with Gasteiger partial charge in [0.25, 0.3) is 0 Å². The Morgan fingerprint density at radius 1 is 1.15 bits per heavy atom. The lowest BCUT2D eigenvalue weighted by Gasteiger charge is -2.07. The Morgan fingerprint density at radius 2 is 1.80 bits per heavy atom. The van der Waals surface area contributed by atoms with E-state index in [0.717, 1.165) is 12.2 Å². The summed E-state index contributed by atoms with van der Waals surface area (Å²) in [5.74, 6) is 0.973. The lowest BCUT2D eigenvalue weighted by atomic mass is 10.2. The first-order chi connectivity index (χ1) is 9.57. The molecule has 0 amide bonds. The van der Waals surface area contributed by atoms with E-state index in [1.165, 1.54) is 5.56 Å². The number of rotatable bonds is 9. The van der Waals surface area contributed by atoms with E-state index in [2.05, 4.69) is 6.92 Å². The van der Waals surface area contributed by atoms with Crippen LogP contribution >= 0.6 is 0 Å². The topological polar surface area (TPSA) is 67.2 Å². The van der Waals surface area contributed by atoms with Gasteiger partial charge in [-0.15, -0.1) is 0 Å². The summed E-state index contributed by atoms with van der Waals surface area (Å²) in [7, 11) is -3.05. The van der Waals surface area contributed by atoms with Gasteiger partial charge in [-0.3, -0.25) is 0 Å². The van der Waals surface area contributed by atoms with Gasteiger partial charge in [-0.05, 0) is 37.0 Å². The summed E-state index contributed by atoms with van der Waals surface area (Å²) in [4.78, 5) is 0. The molecule has 0 fully saturated rings. The van der Waals surface area contributed by atoms with Gasteiger partial charge in [-0.1, -0.05) is 19.1 Å². The van der Waals surface area contributed by atoms with E-state index in [9.17, 15) is 8.42 Å². The van der Waals surface area contributed by atoms with Gasteiger partial charge in [0.2, 0.25) is 0 Å². The lowest BCUT2D eigenvalue weighted by molar-refractivity contribution is 0.317. The fourth-order valence-electron chi connectivity index (χ4n) is 1.76. The molecule has 20 heavy (non-hydrogen) atoms. The van der Waals surface area contributed by atoms with Crippen molar-refractivity contribution in [2.45, 2.75) is 32.6 Å². The van der Waals surface area contributed by atoms with Crippen LogP contribution in [0, 0.1) is 11.3 Å². The van der Waals surface area contributed by atoms with Crippen molar-refractivity contribution >= 4 is 9.84 Å². The maximum Gasteiger partial charge on any atom is 0.150 e. The fraction of sp³-hybridized carbons (Fsp3) is 0.533. The van der Waals surface area contributed by atoms with Crippen LogP contribution in [0.1, 0.15) is 31.7 Å². The zero-order valence-corrected chi connectivity index (χ0v) is 12.7. The quantitative estimate of drug-likeness (QED) is 0.657. The van der Waals surface area contributed by atoms with Crippen molar-refractivity contribution in [2.24, 2.45) is 0 Å². The number of benzene rings is 1. The van der Waals surface area contributed by atoms with Crippen LogP contribution in [0.15, 0.2) is 24.3 Å². The Kier molecular flexibility index (Phi) is 7.10. The Labute approximate surface area is 121 Å². The molecular formula is C15H21NO3S. The number of hydrogen-bond donors (Lipinski definition) is 0. The van der Waals surface area contributed by atoms with Crippen molar-refractivity contribution in [2.75, 3.05) is 18.1 Å². The van der Waals surface area contributed by atoms with Crippen molar-refractivity contribution in [1.82, 2.24) is 0 Å². The number of nitrogens with zero attached hydrogens (tertiary/aromatic N) is 1. The SMILES string of the molecule is CCc1ccc(OCCCS(=O)(=O)CCCC#N)cc1. The molecule has 0 N–H and O–H groups in total. The fourth-order valence-corrected chi connectivity index (χ4v) is 3.11. The number of ether oxygens (including phenoxy) is 1. The molecule has 0 aliphatic heterocycles. The minimum absolute atomic E-state index is 0.0890. The van der Waals surface area contributed by atoms with Crippen LogP contribution in [0.4, 0.5) is 0 Å². The highest BCUT2D eigenvalue weighted by Crippen LogP contribution is 2.12. The summed E-state index contributed by atoms with van der Waals surface area (Å²) in [6, 6.07) is 9.77. The van der Waals surface area contributed by atoms with Crippen LogP contribution in [0.3, 0.4) is 0 Å². The normalized spacial score (nSPS) is 11.0. The van der Waals surface area contributed by atoms with Gasteiger partial charge in [0.05, 0.1) is 24.2 Å². The monoisotopic (exact) mass is 295 g/mol. The third-order valence-electron chi connectivity index (χ3n) is 2.94. The van der Waals surface area contributed by atoms with E-state index in [0.29, 0.717) is 25.9 Å². The smallest absolute Gasteiger partial charge is 0.150 e. The van der Waals surface area contributed by atoms with Crippen LogP contribution in [0.25, 0.3) is 0 Å². The van der Waals surface area contributed by atoms with Crippen LogP contribution < -0.4 is 4.74 Å². The van der Waals surface area contributed by atoms with Crippen LogP contribution in [-0.2, 0) is 16.3 Å². The molecule has 0 unspecified atom stereocenters.